The molecule has 0 bridgehead atoms. The molecule has 0 atom stereocenters. The number of primary sulfonamides is 1. The van der Waals surface area contributed by atoms with E-state index >= 15 is 0 Å². The summed E-state index contributed by atoms with van der Waals surface area (Å²) in [6.45, 7) is 0. The van der Waals surface area contributed by atoms with Gasteiger partial charge in [-0.1, -0.05) is 6.07 Å². The number of carbonyl (C=O) groups excluding carboxylic acids is 1. The Morgan fingerprint density at radius 2 is 1.81 bits per heavy atom. The van der Waals surface area contributed by atoms with Crippen LogP contribution in [0, 0.1) is 0 Å². The summed E-state index contributed by atoms with van der Waals surface area (Å²) in [5.41, 5.74) is 0.146. The van der Waals surface area contributed by atoms with Gasteiger partial charge in [-0.05, 0) is 30.3 Å². The third-order valence-corrected chi connectivity index (χ3v) is 3.56. The van der Waals surface area contributed by atoms with Crippen LogP contribution in [0.25, 0.3) is 0 Å². The van der Waals surface area contributed by atoms with Crippen molar-refractivity contribution < 1.29 is 23.4 Å². The van der Waals surface area contributed by atoms with Crippen LogP contribution in [0.5, 0.6) is 11.5 Å². The molecule has 2 rings (SSSR count). The summed E-state index contributed by atoms with van der Waals surface area (Å²) < 4.78 is 22.5. The van der Waals surface area contributed by atoms with E-state index in [2.05, 4.69) is 5.32 Å². The largest absolute Gasteiger partial charge is 0.508 e. The molecule has 2 aromatic rings. The van der Waals surface area contributed by atoms with E-state index in [1.165, 1.54) is 36.4 Å². The molecule has 8 heteroatoms. The number of amides is 1. The quantitative estimate of drug-likeness (QED) is 0.672. The lowest BCUT2D eigenvalue weighted by Gasteiger charge is -2.08. The van der Waals surface area contributed by atoms with Crippen molar-refractivity contribution in [1.82, 2.24) is 0 Å². The highest BCUT2D eigenvalue weighted by molar-refractivity contribution is 7.89. The monoisotopic (exact) mass is 308 g/mol. The van der Waals surface area contributed by atoms with Gasteiger partial charge in [0.1, 0.15) is 11.5 Å². The highest BCUT2D eigenvalue weighted by Crippen LogP contribution is 2.24. The fraction of sp³-hybridized carbons (Fsp3) is 0. The van der Waals surface area contributed by atoms with Crippen molar-refractivity contribution in [3.05, 3.63) is 48.0 Å². The standard InChI is InChI=1S/C13H12N2O5S/c14-21(19,20)10-3-1-2-8(6-10)15-13(18)11-5-4-9(16)7-12(11)17/h1-7,16-17H,(H,15,18)(H2,14,19,20). The minimum absolute atomic E-state index is 0.0613. The summed E-state index contributed by atoms with van der Waals surface area (Å²) in [6.07, 6.45) is 0. The molecular formula is C13H12N2O5S. The van der Waals surface area contributed by atoms with Crippen LogP contribution in [0.15, 0.2) is 47.4 Å². The molecule has 0 spiro atoms. The Kier molecular flexibility index (Phi) is 3.83. The van der Waals surface area contributed by atoms with E-state index in [-0.39, 0.29) is 21.9 Å². The van der Waals surface area contributed by atoms with Gasteiger partial charge in [-0.3, -0.25) is 4.79 Å². The lowest BCUT2D eigenvalue weighted by atomic mass is 10.1. The summed E-state index contributed by atoms with van der Waals surface area (Å²) in [7, 11) is -3.87. The average molecular weight is 308 g/mol. The second kappa shape index (κ2) is 5.43. The number of carbonyl (C=O) groups is 1. The number of aromatic hydroxyl groups is 2. The van der Waals surface area contributed by atoms with Crippen LogP contribution in [0.4, 0.5) is 5.69 Å². The molecule has 0 radical (unpaired) electrons. The van der Waals surface area contributed by atoms with Crippen molar-refractivity contribution in [1.29, 1.82) is 0 Å². The second-order valence-corrected chi connectivity index (χ2v) is 5.79. The average Bonchev–Trinajstić information content (AvgIpc) is 2.37. The summed E-state index contributed by atoms with van der Waals surface area (Å²) in [5, 5.41) is 26.2. The lowest BCUT2D eigenvalue weighted by molar-refractivity contribution is 0.102. The zero-order valence-corrected chi connectivity index (χ0v) is 11.5. The topological polar surface area (TPSA) is 130 Å². The van der Waals surface area contributed by atoms with E-state index in [4.69, 9.17) is 10.2 Å². The van der Waals surface area contributed by atoms with Gasteiger partial charge in [0, 0.05) is 11.8 Å². The second-order valence-electron chi connectivity index (χ2n) is 4.23. The first-order valence-electron chi connectivity index (χ1n) is 5.73. The van der Waals surface area contributed by atoms with Gasteiger partial charge in [-0.15, -0.1) is 0 Å². The number of hydrogen-bond acceptors (Lipinski definition) is 5. The zero-order chi connectivity index (χ0) is 15.6. The third-order valence-electron chi connectivity index (χ3n) is 2.65. The van der Waals surface area contributed by atoms with Gasteiger partial charge in [0.05, 0.1) is 10.5 Å². The smallest absolute Gasteiger partial charge is 0.259 e. The van der Waals surface area contributed by atoms with Crippen LogP contribution in [-0.4, -0.2) is 24.5 Å². The van der Waals surface area contributed by atoms with Crippen molar-refractivity contribution in [2.75, 3.05) is 5.32 Å². The van der Waals surface area contributed by atoms with Gasteiger partial charge in [-0.25, -0.2) is 13.6 Å². The number of nitrogens with one attached hydrogen (secondary N) is 1. The SMILES string of the molecule is NS(=O)(=O)c1cccc(NC(=O)c2ccc(O)cc2O)c1. The maximum atomic E-state index is 12.0. The van der Waals surface area contributed by atoms with Gasteiger partial charge < -0.3 is 15.5 Å². The van der Waals surface area contributed by atoms with Gasteiger partial charge >= 0.3 is 0 Å². The fourth-order valence-electron chi connectivity index (χ4n) is 1.66. The maximum absolute atomic E-state index is 12.0. The maximum Gasteiger partial charge on any atom is 0.259 e. The Balaban J connectivity index is 2.28. The first kappa shape index (κ1) is 14.8. The van der Waals surface area contributed by atoms with Crippen molar-refractivity contribution in [2.24, 2.45) is 5.14 Å². The minimum Gasteiger partial charge on any atom is -0.508 e. The number of phenolic OH excluding ortho intramolecular Hbond substituents is 2. The van der Waals surface area contributed by atoms with Gasteiger partial charge in [0.15, 0.2) is 0 Å². The molecule has 0 saturated carbocycles. The number of sulfonamides is 1. The molecule has 0 aliphatic rings. The number of anilines is 1. The summed E-state index contributed by atoms with van der Waals surface area (Å²) >= 11 is 0. The van der Waals surface area contributed by atoms with Crippen molar-refractivity contribution in [3.63, 3.8) is 0 Å². The minimum atomic E-state index is -3.87. The molecular weight excluding hydrogens is 296 g/mol. The van der Waals surface area contributed by atoms with E-state index < -0.39 is 21.7 Å². The molecule has 1 amide bonds. The molecule has 0 aliphatic heterocycles. The molecule has 0 aromatic heterocycles. The molecule has 21 heavy (non-hydrogen) atoms. The molecule has 0 aliphatic carbocycles. The van der Waals surface area contributed by atoms with E-state index in [1.54, 1.807) is 0 Å². The number of phenols is 2. The number of nitrogens with two attached hydrogens (primary N) is 1. The van der Waals surface area contributed by atoms with Crippen molar-refractivity contribution in [2.45, 2.75) is 4.90 Å². The van der Waals surface area contributed by atoms with Crippen LogP contribution in [0.3, 0.4) is 0 Å². The molecule has 0 unspecified atom stereocenters. The summed E-state index contributed by atoms with van der Waals surface area (Å²) in [5.74, 6) is -1.23. The summed E-state index contributed by atoms with van der Waals surface area (Å²) in [6, 6.07) is 8.90. The number of hydrogen-bond donors (Lipinski definition) is 4. The highest BCUT2D eigenvalue weighted by atomic mass is 32.2. The van der Waals surface area contributed by atoms with Crippen LogP contribution >= 0.6 is 0 Å². The van der Waals surface area contributed by atoms with Crippen LogP contribution < -0.4 is 10.5 Å². The van der Waals surface area contributed by atoms with Crippen molar-refractivity contribution in [3.8, 4) is 11.5 Å². The van der Waals surface area contributed by atoms with E-state index in [0.717, 1.165) is 6.07 Å². The molecule has 7 nitrogen and oxygen atoms in total. The van der Waals surface area contributed by atoms with Gasteiger partial charge in [-0.2, -0.15) is 0 Å². The Labute approximate surface area is 120 Å². The molecule has 5 N–H and O–H groups in total. The number of benzene rings is 2. The van der Waals surface area contributed by atoms with Gasteiger partial charge in [0.25, 0.3) is 5.91 Å². The fourth-order valence-corrected chi connectivity index (χ4v) is 2.22. The van der Waals surface area contributed by atoms with Crippen LogP contribution in [0.1, 0.15) is 10.4 Å². The molecule has 0 heterocycles. The number of rotatable bonds is 3. The molecule has 0 fully saturated rings. The Hall–Kier alpha value is -2.58. The molecule has 110 valence electrons. The van der Waals surface area contributed by atoms with E-state index in [0.29, 0.717) is 0 Å². The van der Waals surface area contributed by atoms with E-state index in [1.807, 2.05) is 0 Å². The van der Waals surface area contributed by atoms with Gasteiger partial charge in [0.2, 0.25) is 10.0 Å². The van der Waals surface area contributed by atoms with E-state index in [9.17, 15) is 18.3 Å². The first-order valence-corrected chi connectivity index (χ1v) is 7.28. The summed E-state index contributed by atoms with van der Waals surface area (Å²) in [4.78, 5) is 11.8. The third kappa shape index (κ3) is 3.50. The Morgan fingerprint density at radius 3 is 2.43 bits per heavy atom. The highest BCUT2D eigenvalue weighted by Gasteiger charge is 2.13. The zero-order valence-electron chi connectivity index (χ0n) is 10.6. The predicted octanol–water partition coefficient (Wildman–Crippen LogP) is 0.998. The normalized spacial score (nSPS) is 11.1. The molecule has 0 saturated heterocycles. The van der Waals surface area contributed by atoms with Crippen LogP contribution in [0.2, 0.25) is 0 Å². The molecule has 2 aromatic carbocycles. The first-order chi connectivity index (χ1) is 9.77. The van der Waals surface area contributed by atoms with Crippen molar-refractivity contribution >= 4 is 21.6 Å². The van der Waals surface area contributed by atoms with Crippen LogP contribution in [-0.2, 0) is 10.0 Å². The Bertz CT molecular complexity index is 802. The lowest BCUT2D eigenvalue weighted by Crippen LogP contribution is -2.15. The predicted molar refractivity (Wildman–Crippen MR) is 75.5 cm³/mol. The Morgan fingerprint density at radius 1 is 1.10 bits per heavy atom.